The number of rotatable bonds is 3. The highest BCUT2D eigenvalue weighted by Crippen LogP contribution is 2.33. The van der Waals surface area contributed by atoms with Gasteiger partial charge < -0.3 is 4.74 Å². The summed E-state index contributed by atoms with van der Waals surface area (Å²) in [5.41, 5.74) is 0. The third-order valence-corrected chi connectivity index (χ3v) is 3.72. The highest BCUT2D eigenvalue weighted by atomic mass is 35.5. The molecule has 0 radical (unpaired) electrons. The van der Waals surface area contributed by atoms with Gasteiger partial charge in [0.25, 0.3) is 0 Å². The fourth-order valence-electron chi connectivity index (χ4n) is 1.97. The Morgan fingerprint density at radius 1 is 1.53 bits per heavy atom. The van der Waals surface area contributed by atoms with Crippen molar-refractivity contribution in [3.8, 4) is 0 Å². The lowest BCUT2D eigenvalue weighted by atomic mass is 9.80. The molecule has 0 aromatic heterocycles. The summed E-state index contributed by atoms with van der Waals surface area (Å²) in [4.78, 5) is 11.8. The second kappa shape index (κ2) is 5.74. The van der Waals surface area contributed by atoms with Crippen LogP contribution in [0.5, 0.6) is 0 Å². The molecule has 3 heteroatoms. The molecule has 2 nitrogen and oxygen atoms in total. The number of halogens is 1. The molecule has 4 atom stereocenters. The fraction of sp³-hybridized carbons (Fsp3) is 0.917. The summed E-state index contributed by atoms with van der Waals surface area (Å²) >= 11 is 6.08. The van der Waals surface area contributed by atoms with Gasteiger partial charge in [0.2, 0.25) is 0 Å². The lowest BCUT2D eigenvalue weighted by Crippen LogP contribution is -2.32. The molecular formula is C12H21ClO2. The van der Waals surface area contributed by atoms with Crippen molar-refractivity contribution in [1.82, 2.24) is 0 Å². The van der Waals surface area contributed by atoms with E-state index in [1.54, 1.807) is 0 Å². The maximum Gasteiger partial charge on any atom is 0.309 e. The first kappa shape index (κ1) is 12.8. The molecule has 0 heterocycles. The SMILES string of the molecule is CCC(C)OC(=O)C1CC(Cl)CCC1C. The summed E-state index contributed by atoms with van der Waals surface area (Å²) in [6.07, 6.45) is 3.74. The van der Waals surface area contributed by atoms with Crippen LogP contribution in [0.25, 0.3) is 0 Å². The average molecular weight is 233 g/mol. The topological polar surface area (TPSA) is 26.3 Å². The van der Waals surface area contributed by atoms with Crippen LogP contribution in [0, 0.1) is 11.8 Å². The molecule has 1 rings (SSSR count). The van der Waals surface area contributed by atoms with Gasteiger partial charge >= 0.3 is 5.97 Å². The first-order chi connectivity index (χ1) is 7.04. The van der Waals surface area contributed by atoms with Crippen LogP contribution in [-0.4, -0.2) is 17.5 Å². The minimum Gasteiger partial charge on any atom is -0.462 e. The van der Waals surface area contributed by atoms with Crippen molar-refractivity contribution in [2.75, 3.05) is 0 Å². The van der Waals surface area contributed by atoms with Crippen LogP contribution in [0.1, 0.15) is 46.5 Å². The van der Waals surface area contributed by atoms with Crippen LogP contribution in [0.4, 0.5) is 0 Å². The molecule has 15 heavy (non-hydrogen) atoms. The minimum atomic E-state index is -0.0535. The van der Waals surface area contributed by atoms with E-state index in [0.29, 0.717) is 5.92 Å². The summed E-state index contributed by atoms with van der Waals surface area (Å²) in [7, 11) is 0. The van der Waals surface area contributed by atoms with Gasteiger partial charge in [0.15, 0.2) is 0 Å². The molecule has 0 N–H and O–H groups in total. The smallest absolute Gasteiger partial charge is 0.309 e. The number of ether oxygens (including phenoxy) is 1. The van der Waals surface area contributed by atoms with Crippen molar-refractivity contribution in [3.63, 3.8) is 0 Å². The van der Waals surface area contributed by atoms with Gasteiger partial charge in [-0.1, -0.05) is 13.8 Å². The van der Waals surface area contributed by atoms with Crippen LogP contribution in [0.3, 0.4) is 0 Å². The van der Waals surface area contributed by atoms with E-state index < -0.39 is 0 Å². The highest BCUT2D eigenvalue weighted by Gasteiger charge is 2.33. The normalized spacial score (nSPS) is 33.5. The molecule has 0 spiro atoms. The van der Waals surface area contributed by atoms with Gasteiger partial charge in [-0.3, -0.25) is 4.79 Å². The lowest BCUT2D eigenvalue weighted by Gasteiger charge is -2.30. The number of carbonyl (C=O) groups is 1. The molecule has 1 saturated carbocycles. The van der Waals surface area contributed by atoms with E-state index >= 15 is 0 Å². The van der Waals surface area contributed by atoms with Crippen LogP contribution in [0.2, 0.25) is 0 Å². The van der Waals surface area contributed by atoms with Crippen molar-refractivity contribution in [1.29, 1.82) is 0 Å². The average Bonchev–Trinajstić information content (AvgIpc) is 2.21. The number of esters is 1. The largest absolute Gasteiger partial charge is 0.462 e. The Morgan fingerprint density at radius 3 is 2.80 bits per heavy atom. The third kappa shape index (κ3) is 3.67. The molecule has 1 aliphatic carbocycles. The summed E-state index contributed by atoms with van der Waals surface area (Å²) in [5, 5.41) is 0.149. The second-order valence-corrected chi connectivity index (χ2v) is 5.27. The first-order valence-corrected chi connectivity index (χ1v) is 6.32. The monoisotopic (exact) mass is 232 g/mol. The molecule has 0 aromatic carbocycles. The Kier molecular flexibility index (Phi) is 4.91. The molecule has 0 saturated heterocycles. The van der Waals surface area contributed by atoms with Crippen molar-refractivity contribution in [2.45, 2.75) is 57.9 Å². The van der Waals surface area contributed by atoms with Crippen LogP contribution in [0.15, 0.2) is 0 Å². The lowest BCUT2D eigenvalue weighted by molar-refractivity contribution is -0.156. The standard InChI is InChI=1S/C12H21ClO2/c1-4-9(3)15-12(14)11-7-10(13)6-5-8(11)2/h8-11H,4-7H2,1-3H3. The Morgan fingerprint density at radius 2 is 2.20 bits per heavy atom. The first-order valence-electron chi connectivity index (χ1n) is 5.89. The van der Waals surface area contributed by atoms with Crippen molar-refractivity contribution in [3.05, 3.63) is 0 Å². The van der Waals surface area contributed by atoms with Gasteiger partial charge in [0.1, 0.15) is 0 Å². The quantitative estimate of drug-likeness (QED) is 0.551. The fourth-order valence-corrected chi connectivity index (χ4v) is 2.29. The van der Waals surface area contributed by atoms with Crippen LogP contribution < -0.4 is 0 Å². The minimum absolute atomic E-state index is 0.00949. The molecule has 0 bridgehead atoms. The van der Waals surface area contributed by atoms with Crippen LogP contribution >= 0.6 is 11.6 Å². The van der Waals surface area contributed by atoms with E-state index in [4.69, 9.17) is 16.3 Å². The van der Waals surface area contributed by atoms with E-state index in [-0.39, 0.29) is 23.4 Å². The van der Waals surface area contributed by atoms with E-state index in [0.717, 1.165) is 25.7 Å². The zero-order chi connectivity index (χ0) is 11.4. The number of hydrogen-bond acceptors (Lipinski definition) is 2. The summed E-state index contributed by atoms with van der Waals surface area (Å²) < 4.78 is 5.36. The van der Waals surface area contributed by atoms with Crippen molar-refractivity contribution >= 4 is 17.6 Å². The van der Waals surface area contributed by atoms with E-state index in [1.807, 2.05) is 13.8 Å². The van der Waals surface area contributed by atoms with E-state index in [2.05, 4.69) is 6.92 Å². The van der Waals surface area contributed by atoms with Gasteiger partial charge in [0.05, 0.1) is 12.0 Å². The van der Waals surface area contributed by atoms with Gasteiger partial charge in [-0.25, -0.2) is 0 Å². The molecule has 0 aromatic rings. The zero-order valence-corrected chi connectivity index (χ0v) is 10.6. The van der Waals surface area contributed by atoms with Crippen molar-refractivity contribution < 1.29 is 9.53 Å². The second-order valence-electron chi connectivity index (χ2n) is 4.65. The zero-order valence-electron chi connectivity index (χ0n) is 9.83. The van der Waals surface area contributed by atoms with Crippen molar-refractivity contribution in [2.24, 2.45) is 11.8 Å². The van der Waals surface area contributed by atoms with Crippen LogP contribution in [-0.2, 0) is 9.53 Å². The Labute approximate surface area is 97.3 Å². The summed E-state index contributed by atoms with van der Waals surface area (Å²) in [5.74, 6) is 0.369. The summed E-state index contributed by atoms with van der Waals surface area (Å²) in [6.45, 7) is 6.07. The highest BCUT2D eigenvalue weighted by molar-refractivity contribution is 6.20. The van der Waals surface area contributed by atoms with Gasteiger partial charge in [0, 0.05) is 5.38 Å². The van der Waals surface area contributed by atoms with Gasteiger partial charge in [-0.2, -0.15) is 0 Å². The molecule has 88 valence electrons. The predicted octanol–water partition coefficient (Wildman–Crippen LogP) is 3.37. The molecule has 1 aliphatic rings. The Hall–Kier alpha value is -0.240. The molecule has 4 unspecified atom stereocenters. The number of hydrogen-bond donors (Lipinski definition) is 0. The summed E-state index contributed by atoms with van der Waals surface area (Å²) in [6, 6.07) is 0. The van der Waals surface area contributed by atoms with E-state index in [1.165, 1.54) is 0 Å². The Balaban J connectivity index is 2.49. The molecule has 1 fully saturated rings. The molecule has 0 aliphatic heterocycles. The van der Waals surface area contributed by atoms with E-state index in [9.17, 15) is 4.79 Å². The van der Waals surface area contributed by atoms with Gasteiger partial charge in [-0.05, 0) is 38.5 Å². The maximum atomic E-state index is 11.8. The van der Waals surface area contributed by atoms with Gasteiger partial charge in [-0.15, -0.1) is 11.6 Å². The number of carbonyl (C=O) groups excluding carboxylic acids is 1. The maximum absolute atomic E-state index is 11.8. The molecule has 0 amide bonds. The number of alkyl halides is 1. The molecular weight excluding hydrogens is 212 g/mol. The predicted molar refractivity (Wildman–Crippen MR) is 62.0 cm³/mol. The third-order valence-electron chi connectivity index (χ3n) is 3.33. The Bertz CT molecular complexity index is 218.